The Morgan fingerprint density at radius 3 is 2.25 bits per heavy atom. The van der Waals surface area contributed by atoms with E-state index in [1.165, 1.54) is 11.6 Å². The van der Waals surface area contributed by atoms with E-state index in [0.717, 1.165) is 49.7 Å². The van der Waals surface area contributed by atoms with Gasteiger partial charge in [-0.2, -0.15) is 0 Å². The van der Waals surface area contributed by atoms with E-state index in [2.05, 4.69) is 46.3 Å². The summed E-state index contributed by atoms with van der Waals surface area (Å²) < 4.78 is 7.13. The fraction of sp³-hybridized carbons (Fsp3) is 0.269. The molecule has 0 radical (unpaired) electrons. The summed E-state index contributed by atoms with van der Waals surface area (Å²) >= 11 is 0. The van der Waals surface area contributed by atoms with Gasteiger partial charge >= 0.3 is 0 Å². The summed E-state index contributed by atoms with van der Waals surface area (Å²) in [5, 5.41) is 13.2. The van der Waals surface area contributed by atoms with E-state index in [9.17, 15) is 9.90 Å². The summed E-state index contributed by atoms with van der Waals surface area (Å²) in [6.45, 7) is 4.88. The summed E-state index contributed by atoms with van der Waals surface area (Å²) in [6, 6.07) is 17.5. The van der Waals surface area contributed by atoms with Crippen LogP contribution in [0.1, 0.15) is 22.4 Å². The van der Waals surface area contributed by atoms with E-state index in [1.807, 2.05) is 24.3 Å². The van der Waals surface area contributed by atoms with Crippen LogP contribution in [0.15, 0.2) is 65.6 Å². The number of rotatable bonds is 5. The molecule has 2 aromatic carbocycles. The van der Waals surface area contributed by atoms with Gasteiger partial charge in [0.05, 0.1) is 25.5 Å². The van der Waals surface area contributed by atoms with Crippen LogP contribution in [0.4, 0.5) is 5.69 Å². The topological polar surface area (TPSA) is 66.7 Å². The number of ether oxygens (including phenoxy) is 1. The molecule has 2 N–H and O–H groups in total. The van der Waals surface area contributed by atoms with E-state index >= 15 is 0 Å². The Kier molecular flexibility index (Phi) is 6.90. The molecular weight excluding hydrogens is 402 g/mol. The first-order valence-electron chi connectivity index (χ1n) is 10.7. The van der Waals surface area contributed by atoms with Crippen molar-refractivity contribution in [2.75, 3.05) is 31.6 Å². The zero-order valence-corrected chi connectivity index (χ0v) is 18.2. The van der Waals surface area contributed by atoms with Gasteiger partial charge in [-0.25, -0.2) is 0 Å². The maximum atomic E-state index is 11.6. The third-order valence-corrected chi connectivity index (χ3v) is 5.54. The molecule has 0 bridgehead atoms. The van der Waals surface area contributed by atoms with E-state index in [1.54, 1.807) is 17.8 Å². The molecule has 32 heavy (non-hydrogen) atoms. The zero-order chi connectivity index (χ0) is 22.3. The molecule has 1 aliphatic heterocycles. The number of aromatic nitrogens is 1. The minimum atomic E-state index is -0.375. The molecule has 0 amide bonds. The highest BCUT2D eigenvalue weighted by atomic mass is 16.5. The van der Waals surface area contributed by atoms with Crippen molar-refractivity contribution >= 4 is 5.69 Å². The monoisotopic (exact) mass is 429 g/mol. The Hall–Kier alpha value is -3.53. The van der Waals surface area contributed by atoms with Crippen molar-refractivity contribution < 1.29 is 9.84 Å². The molecule has 0 atom stereocenters. The summed E-state index contributed by atoms with van der Waals surface area (Å²) in [6.07, 6.45) is 1.65. The predicted molar refractivity (Wildman–Crippen MR) is 126 cm³/mol. The molecule has 1 aromatic heterocycles. The van der Waals surface area contributed by atoms with Crippen LogP contribution in [0.25, 0.3) is 0 Å². The number of nitrogens with one attached hydrogen (secondary N) is 1. The number of hydrogen-bond acceptors (Lipinski definition) is 5. The molecule has 164 valence electrons. The lowest BCUT2D eigenvalue weighted by molar-refractivity contribution is 0.0342. The molecule has 6 nitrogen and oxygen atoms in total. The van der Waals surface area contributed by atoms with Crippen molar-refractivity contribution in [1.29, 1.82) is 0 Å². The molecule has 3 aromatic rings. The lowest BCUT2D eigenvalue weighted by Crippen LogP contribution is -2.35. The van der Waals surface area contributed by atoms with Gasteiger partial charge < -0.3 is 19.7 Å². The lowest BCUT2D eigenvalue weighted by Gasteiger charge is -2.26. The molecule has 0 unspecified atom stereocenters. The first-order valence-corrected chi connectivity index (χ1v) is 10.7. The fourth-order valence-electron chi connectivity index (χ4n) is 3.58. The fourth-order valence-corrected chi connectivity index (χ4v) is 3.58. The van der Waals surface area contributed by atoms with E-state index in [0.29, 0.717) is 12.2 Å². The first kappa shape index (κ1) is 21.7. The lowest BCUT2D eigenvalue weighted by atomic mass is 10.1. The van der Waals surface area contributed by atoms with Gasteiger partial charge in [-0.3, -0.25) is 9.69 Å². The van der Waals surface area contributed by atoms with Gasteiger partial charge in [0.1, 0.15) is 0 Å². The SMILES string of the molecule is Cn1ccc(=O)c(O)c1CNc1ccc(C#Cc2ccc(CN3CCOCC3)cc2)cc1. The van der Waals surface area contributed by atoms with Crippen LogP contribution in [0, 0.1) is 11.8 Å². The molecule has 0 spiro atoms. The largest absolute Gasteiger partial charge is 0.503 e. The van der Waals surface area contributed by atoms with Crippen molar-refractivity contribution in [3.8, 4) is 17.6 Å². The molecule has 6 heteroatoms. The van der Waals surface area contributed by atoms with E-state index in [-0.39, 0.29) is 11.2 Å². The van der Waals surface area contributed by atoms with Gasteiger partial charge in [-0.1, -0.05) is 24.0 Å². The molecule has 4 rings (SSSR count). The first-order chi connectivity index (χ1) is 15.6. The Bertz CT molecular complexity index is 1170. The second-order valence-electron chi connectivity index (χ2n) is 7.85. The highest BCUT2D eigenvalue weighted by Crippen LogP contribution is 2.15. The van der Waals surface area contributed by atoms with Gasteiger partial charge in [-0.15, -0.1) is 0 Å². The Balaban J connectivity index is 1.34. The minimum Gasteiger partial charge on any atom is -0.503 e. The highest BCUT2D eigenvalue weighted by Gasteiger charge is 2.10. The zero-order valence-electron chi connectivity index (χ0n) is 18.2. The van der Waals surface area contributed by atoms with Gasteiger partial charge in [0, 0.05) is 55.8 Å². The minimum absolute atomic E-state index is 0.221. The van der Waals surface area contributed by atoms with Crippen LogP contribution in [0.5, 0.6) is 5.75 Å². The number of morpholine rings is 1. The van der Waals surface area contributed by atoms with Crippen molar-refractivity contribution in [2.45, 2.75) is 13.1 Å². The van der Waals surface area contributed by atoms with Crippen LogP contribution < -0.4 is 10.7 Å². The Labute approximate surface area is 188 Å². The second-order valence-corrected chi connectivity index (χ2v) is 7.85. The number of anilines is 1. The predicted octanol–water partition coefficient (Wildman–Crippen LogP) is 2.94. The van der Waals surface area contributed by atoms with Gasteiger partial charge in [0.25, 0.3) is 0 Å². The van der Waals surface area contributed by atoms with E-state index in [4.69, 9.17) is 4.74 Å². The number of nitrogens with zero attached hydrogens (tertiary/aromatic N) is 2. The molecule has 1 saturated heterocycles. The molecule has 0 saturated carbocycles. The number of benzene rings is 2. The number of pyridine rings is 1. The Morgan fingerprint density at radius 1 is 0.969 bits per heavy atom. The van der Waals surface area contributed by atoms with Crippen LogP contribution in [-0.2, 0) is 24.9 Å². The quantitative estimate of drug-likeness (QED) is 0.611. The normalized spacial score (nSPS) is 13.9. The average molecular weight is 430 g/mol. The smallest absolute Gasteiger partial charge is 0.223 e. The molecule has 1 fully saturated rings. The van der Waals surface area contributed by atoms with Crippen LogP contribution in [0.2, 0.25) is 0 Å². The summed E-state index contributed by atoms with van der Waals surface area (Å²) in [5.74, 6) is 6.19. The van der Waals surface area contributed by atoms with Crippen molar-refractivity contribution in [3.05, 3.63) is 93.4 Å². The summed E-state index contributed by atoms with van der Waals surface area (Å²) in [5.41, 5.74) is 4.24. The molecule has 0 aliphatic carbocycles. The summed E-state index contributed by atoms with van der Waals surface area (Å²) in [7, 11) is 1.80. The van der Waals surface area contributed by atoms with Crippen molar-refractivity contribution in [3.63, 3.8) is 0 Å². The molecule has 1 aliphatic rings. The van der Waals surface area contributed by atoms with Gasteiger partial charge in [0.2, 0.25) is 5.43 Å². The van der Waals surface area contributed by atoms with Crippen LogP contribution in [0.3, 0.4) is 0 Å². The van der Waals surface area contributed by atoms with Crippen molar-refractivity contribution in [2.24, 2.45) is 7.05 Å². The average Bonchev–Trinajstić information content (AvgIpc) is 2.82. The third-order valence-electron chi connectivity index (χ3n) is 5.54. The van der Waals surface area contributed by atoms with E-state index < -0.39 is 0 Å². The number of aromatic hydroxyl groups is 1. The van der Waals surface area contributed by atoms with Gasteiger partial charge in [0.15, 0.2) is 5.75 Å². The maximum Gasteiger partial charge on any atom is 0.223 e. The van der Waals surface area contributed by atoms with Crippen LogP contribution >= 0.6 is 0 Å². The van der Waals surface area contributed by atoms with Crippen molar-refractivity contribution in [1.82, 2.24) is 9.47 Å². The second kappa shape index (κ2) is 10.2. The molecular formula is C26H27N3O3. The third kappa shape index (κ3) is 5.58. The number of aryl methyl sites for hydroxylation is 1. The maximum absolute atomic E-state index is 11.6. The Morgan fingerprint density at radius 2 is 1.59 bits per heavy atom. The number of hydrogen-bond donors (Lipinski definition) is 2. The van der Waals surface area contributed by atoms with Crippen LogP contribution in [-0.4, -0.2) is 40.9 Å². The molecule has 2 heterocycles. The standard InChI is InChI=1S/C26H27N3O3/c1-28-13-12-25(30)26(31)24(28)18-27-23-10-8-21(9-11-23)3-2-20-4-6-22(7-5-20)19-29-14-16-32-17-15-29/h4-13,27,31H,14-19H2,1H3. The van der Waals surface area contributed by atoms with Gasteiger partial charge in [-0.05, 0) is 42.0 Å². The highest BCUT2D eigenvalue weighted by molar-refractivity contribution is 5.50. The summed E-state index contributed by atoms with van der Waals surface area (Å²) in [4.78, 5) is 14.0.